The molecule has 2 rings (SSSR count). The van der Waals surface area contributed by atoms with Gasteiger partial charge in [-0.15, -0.1) is 10.2 Å². The standard InChI is InChI=1S/C14H16N4/c1-11(9-14-7-5-4-6-8-14)10-15-18-12(2)16-17-13(18)3/h4-10H,1-3H3/b11-9-,15-10-. The molecule has 0 spiro atoms. The molecule has 0 bridgehead atoms. The molecule has 0 aliphatic rings. The van der Waals surface area contributed by atoms with Gasteiger partial charge in [-0.25, -0.2) is 4.68 Å². The third-order valence-electron chi connectivity index (χ3n) is 2.52. The molecule has 0 saturated carbocycles. The molecule has 0 amide bonds. The van der Waals surface area contributed by atoms with Crippen LogP contribution in [0.5, 0.6) is 0 Å². The average molecular weight is 240 g/mol. The first kappa shape index (κ1) is 12.2. The van der Waals surface area contributed by atoms with Crippen LogP contribution >= 0.6 is 0 Å². The summed E-state index contributed by atoms with van der Waals surface area (Å²) in [4.78, 5) is 0. The molecule has 1 aromatic carbocycles. The van der Waals surface area contributed by atoms with Gasteiger partial charge in [0.1, 0.15) is 0 Å². The summed E-state index contributed by atoms with van der Waals surface area (Å²) >= 11 is 0. The first-order chi connectivity index (χ1) is 8.66. The third kappa shape index (κ3) is 2.91. The Kier molecular flexibility index (Phi) is 3.67. The summed E-state index contributed by atoms with van der Waals surface area (Å²) in [5.74, 6) is 1.58. The molecule has 92 valence electrons. The van der Waals surface area contributed by atoms with Gasteiger partial charge < -0.3 is 0 Å². The van der Waals surface area contributed by atoms with Crippen molar-refractivity contribution in [2.75, 3.05) is 0 Å². The van der Waals surface area contributed by atoms with Crippen LogP contribution in [0, 0.1) is 13.8 Å². The summed E-state index contributed by atoms with van der Waals surface area (Å²) in [6, 6.07) is 10.2. The van der Waals surface area contributed by atoms with Gasteiger partial charge in [0.25, 0.3) is 0 Å². The van der Waals surface area contributed by atoms with Crippen molar-refractivity contribution in [3.8, 4) is 0 Å². The molecule has 0 atom stereocenters. The Morgan fingerprint density at radius 3 is 2.33 bits per heavy atom. The quantitative estimate of drug-likeness (QED) is 0.774. The normalized spacial score (nSPS) is 12.3. The molecule has 4 heteroatoms. The number of aryl methyl sites for hydroxylation is 2. The minimum Gasteiger partial charge on any atom is -0.202 e. The van der Waals surface area contributed by atoms with E-state index >= 15 is 0 Å². The maximum Gasteiger partial charge on any atom is 0.151 e. The lowest BCUT2D eigenvalue weighted by atomic mass is 10.1. The zero-order valence-electron chi connectivity index (χ0n) is 10.8. The highest BCUT2D eigenvalue weighted by molar-refractivity contribution is 5.84. The van der Waals surface area contributed by atoms with E-state index in [9.17, 15) is 0 Å². The van der Waals surface area contributed by atoms with Crippen molar-refractivity contribution in [1.82, 2.24) is 14.9 Å². The van der Waals surface area contributed by atoms with Crippen molar-refractivity contribution in [3.63, 3.8) is 0 Å². The first-order valence-corrected chi connectivity index (χ1v) is 5.83. The van der Waals surface area contributed by atoms with Gasteiger partial charge in [-0.05, 0) is 31.9 Å². The fourth-order valence-electron chi connectivity index (χ4n) is 1.63. The Morgan fingerprint density at radius 2 is 1.72 bits per heavy atom. The Morgan fingerprint density at radius 1 is 1.11 bits per heavy atom. The van der Waals surface area contributed by atoms with Crippen molar-refractivity contribution >= 4 is 12.3 Å². The van der Waals surface area contributed by atoms with Gasteiger partial charge in [0.05, 0.1) is 6.21 Å². The second-order valence-electron chi connectivity index (χ2n) is 4.15. The van der Waals surface area contributed by atoms with Crippen LogP contribution in [0.3, 0.4) is 0 Å². The van der Waals surface area contributed by atoms with Crippen molar-refractivity contribution in [2.45, 2.75) is 20.8 Å². The van der Waals surface area contributed by atoms with Crippen LogP contribution in [0.1, 0.15) is 24.1 Å². The summed E-state index contributed by atoms with van der Waals surface area (Å²) in [5, 5.41) is 12.3. The van der Waals surface area contributed by atoms with E-state index in [1.165, 1.54) is 5.56 Å². The molecule has 1 heterocycles. The van der Waals surface area contributed by atoms with Crippen LogP contribution in [0.25, 0.3) is 6.08 Å². The summed E-state index contributed by atoms with van der Waals surface area (Å²) in [5.41, 5.74) is 2.24. The SMILES string of the molecule is CC(/C=N\n1c(C)nnc1C)=C/c1ccccc1. The Bertz CT molecular complexity index is 560. The van der Waals surface area contributed by atoms with Crippen LogP contribution < -0.4 is 0 Å². The molecular weight excluding hydrogens is 224 g/mol. The maximum atomic E-state index is 4.36. The smallest absolute Gasteiger partial charge is 0.151 e. The predicted octanol–water partition coefficient (Wildman–Crippen LogP) is 2.83. The van der Waals surface area contributed by atoms with Crippen LogP contribution in [0.2, 0.25) is 0 Å². The second-order valence-corrected chi connectivity index (χ2v) is 4.15. The van der Waals surface area contributed by atoms with Crippen LogP contribution in [-0.2, 0) is 0 Å². The average Bonchev–Trinajstić information content (AvgIpc) is 2.68. The Balaban J connectivity index is 2.17. The van der Waals surface area contributed by atoms with E-state index in [-0.39, 0.29) is 0 Å². The zero-order chi connectivity index (χ0) is 13.0. The lowest BCUT2D eigenvalue weighted by molar-refractivity contribution is 0.798. The van der Waals surface area contributed by atoms with E-state index in [2.05, 4.69) is 33.5 Å². The predicted molar refractivity (Wildman–Crippen MR) is 73.5 cm³/mol. The number of benzene rings is 1. The first-order valence-electron chi connectivity index (χ1n) is 5.83. The Hall–Kier alpha value is -2.23. The van der Waals surface area contributed by atoms with E-state index in [1.54, 1.807) is 4.68 Å². The van der Waals surface area contributed by atoms with Gasteiger partial charge in [-0.1, -0.05) is 36.4 Å². The number of rotatable bonds is 3. The molecule has 0 unspecified atom stereocenters. The van der Waals surface area contributed by atoms with Gasteiger partial charge in [-0.3, -0.25) is 0 Å². The number of hydrogen-bond donors (Lipinski definition) is 0. The highest BCUT2D eigenvalue weighted by atomic mass is 15.4. The van der Waals surface area contributed by atoms with Crippen molar-refractivity contribution in [2.24, 2.45) is 5.10 Å². The van der Waals surface area contributed by atoms with Gasteiger partial charge in [-0.2, -0.15) is 5.10 Å². The molecule has 0 radical (unpaired) electrons. The third-order valence-corrected chi connectivity index (χ3v) is 2.52. The number of allylic oxidation sites excluding steroid dienone is 1. The van der Waals surface area contributed by atoms with E-state index < -0.39 is 0 Å². The topological polar surface area (TPSA) is 43.1 Å². The van der Waals surface area contributed by atoms with E-state index in [0.717, 1.165) is 17.2 Å². The Labute approximate surface area is 107 Å². The molecule has 0 aliphatic heterocycles. The van der Waals surface area contributed by atoms with Crippen molar-refractivity contribution < 1.29 is 0 Å². The highest BCUT2D eigenvalue weighted by Gasteiger charge is 2.00. The number of nitrogens with zero attached hydrogens (tertiary/aromatic N) is 4. The largest absolute Gasteiger partial charge is 0.202 e. The lowest BCUT2D eigenvalue weighted by Gasteiger charge is -1.98. The maximum absolute atomic E-state index is 4.36. The van der Waals surface area contributed by atoms with Gasteiger partial charge >= 0.3 is 0 Å². The fourth-order valence-corrected chi connectivity index (χ4v) is 1.63. The lowest BCUT2D eigenvalue weighted by Crippen LogP contribution is -1.96. The van der Waals surface area contributed by atoms with E-state index in [4.69, 9.17) is 0 Å². The monoisotopic (exact) mass is 240 g/mol. The highest BCUT2D eigenvalue weighted by Crippen LogP contribution is 2.05. The van der Waals surface area contributed by atoms with E-state index in [1.807, 2.05) is 45.2 Å². The molecule has 2 aromatic rings. The molecule has 18 heavy (non-hydrogen) atoms. The summed E-state index contributed by atoms with van der Waals surface area (Å²) < 4.78 is 1.72. The molecular formula is C14H16N4. The van der Waals surface area contributed by atoms with Crippen molar-refractivity contribution in [3.05, 3.63) is 53.1 Å². The summed E-state index contributed by atoms with van der Waals surface area (Å²) in [7, 11) is 0. The summed E-state index contributed by atoms with van der Waals surface area (Å²) in [6.07, 6.45) is 3.90. The van der Waals surface area contributed by atoms with Crippen LogP contribution in [0.4, 0.5) is 0 Å². The molecule has 0 fully saturated rings. The van der Waals surface area contributed by atoms with Gasteiger partial charge in [0.2, 0.25) is 0 Å². The van der Waals surface area contributed by atoms with Gasteiger partial charge in [0, 0.05) is 0 Å². The molecule has 0 aliphatic carbocycles. The molecule has 0 N–H and O–H groups in total. The number of hydrogen-bond acceptors (Lipinski definition) is 3. The minimum absolute atomic E-state index is 0.788. The second kappa shape index (κ2) is 5.40. The van der Waals surface area contributed by atoms with Gasteiger partial charge in [0.15, 0.2) is 11.6 Å². The molecule has 1 aromatic heterocycles. The van der Waals surface area contributed by atoms with Crippen molar-refractivity contribution in [1.29, 1.82) is 0 Å². The molecule has 4 nitrogen and oxygen atoms in total. The van der Waals surface area contributed by atoms with Crippen LogP contribution in [0.15, 0.2) is 41.0 Å². The zero-order valence-corrected chi connectivity index (χ0v) is 10.8. The fraction of sp³-hybridized carbons (Fsp3) is 0.214. The van der Waals surface area contributed by atoms with Crippen LogP contribution in [-0.4, -0.2) is 21.1 Å². The number of aromatic nitrogens is 3. The van der Waals surface area contributed by atoms with E-state index in [0.29, 0.717) is 0 Å². The minimum atomic E-state index is 0.788. The summed E-state index contributed by atoms with van der Waals surface area (Å²) in [6.45, 7) is 5.78. The molecule has 0 saturated heterocycles.